The number of hydrogen-bond acceptors (Lipinski definition) is 4. The highest BCUT2D eigenvalue weighted by Gasteiger charge is 2.15. The van der Waals surface area contributed by atoms with Gasteiger partial charge >= 0.3 is 0 Å². The molecule has 1 aromatic heterocycles. The van der Waals surface area contributed by atoms with Crippen molar-refractivity contribution < 1.29 is 4.74 Å². The van der Waals surface area contributed by atoms with Crippen LogP contribution in [-0.4, -0.2) is 47.9 Å². The standard InChI is InChI=1S/C13H24N4O/c1-11(9-12-10-18-8-6-15-12)14-4-3-13-16-5-7-17(13)2/h5,7,11-12,14-15H,3-4,6,8-10H2,1-2H3. The Kier molecular flexibility index (Phi) is 5.16. The number of rotatable bonds is 6. The summed E-state index contributed by atoms with van der Waals surface area (Å²) in [5, 5.41) is 7.03. The predicted molar refractivity (Wildman–Crippen MR) is 71.6 cm³/mol. The molecule has 1 aliphatic rings. The van der Waals surface area contributed by atoms with E-state index in [4.69, 9.17) is 4.74 Å². The lowest BCUT2D eigenvalue weighted by molar-refractivity contribution is 0.0713. The smallest absolute Gasteiger partial charge is 0.109 e. The van der Waals surface area contributed by atoms with Crippen molar-refractivity contribution in [2.75, 3.05) is 26.3 Å². The van der Waals surface area contributed by atoms with E-state index in [-0.39, 0.29) is 0 Å². The van der Waals surface area contributed by atoms with E-state index in [1.165, 1.54) is 0 Å². The topological polar surface area (TPSA) is 51.1 Å². The average Bonchev–Trinajstić information content (AvgIpc) is 2.76. The van der Waals surface area contributed by atoms with Crippen LogP contribution in [0.25, 0.3) is 0 Å². The van der Waals surface area contributed by atoms with Crippen LogP contribution in [0.3, 0.4) is 0 Å². The first-order valence-electron chi connectivity index (χ1n) is 6.76. The second kappa shape index (κ2) is 6.87. The molecule has 1 fully saturated rings. The van der Waals surface area contributed by atoms with Gasteiger partial charge in [0.1, 0.15) is 5.82 Å². The molecule has 2 atom stereocenters. The van der Waals surface area contributed by atoms with Crippen molar-refractivity contribution in [3.05, 3.63) is 18.2 Å². The van der Waals surface area contributed by atoms with Gasteiger partial charge in [-0.15, -0.1) is 0 Å². The number of morpholine rings is 1. The quantitative estimate of drug-likeness (QED) is 0.765. The van der Waals surface area contributed by atoms with E-state index in [9.17, 15) is 0 Å². The first-order chi connectivity index (χ1) is 8.75. The lowest BCUT2D eigenvalue weighted by atomic mass is 10.1. The Bertz CT molecular complexity index is 347. The first-order valence-corrected chi connectivity index (χ1v) is 6.76. The van der Waals surface area contributed by atoms with Crippen molar-refractivity contribution >= 4 is 0 Å². The van der Waals surface area contributed by atoms with Gasteiger partial charge in [-0.25, -0.2) is 4.98 Å². The van der Waals surface area contributed by atoms with E-state index in [1.807, 2.05) is 19.4 Å². The highest BCUT2D eigenvalue weighted by Crippen LogP contribution is 2.02. The lowest BCUT2D eigenvalue weighted by Gasteiger charge is -2.26. The zero-order valence-corrected chi connectivity index (χ0v) is 11.4. The highest BCUT2D eigenvalue weighted by molar-refractivity contribution is 4.91. The van der Waals surface area contributed by atoms with Crippen LogP contribution in [0.4, 0.5) is 0 Å². The largest absolute Gasteiger partial charge is 0.379 e. The van der Waals surface area contributed by atoms with E-state index in [0.29, 0.717) is 12.1 Å². The SMILES string of the molecule is CC(CC1COCCN1)NCCc1nccn1C. The van der Waals surface area contributed by atoms with Crippen molar-refractivity contribution in [1.82, 2.24) is 20.2 Å². The van der Waals surface area contributed by atoms with Crippen LogP contribution in [0, 0.1) is 0 Å². The van der Waals surface area contributed by atoms with Crippen LogP contribution in [0.1, 0.15) is 19.2 Å². The molecular weight excluding hydrogens is 228 g/mol. The molecule has 0 spiro atoms. The maximum absolute atomic E-state index is 5.46. The fourth-order valence-electron chi connectivity index (χ4n) is 2.35. The van der Waals surface area contributed by atoms with Crippen molar-refractivity contribution in [3.8, 4) is 0 Å². The Morgan fingerprint density at radius 2 is 2.56 bits per heavy atom. The van der Waals surface area contributed by atoms with Gasteiger partial charge in [-0.1, -0.05) is 0 Å². The lowest BCUT2D eigenvalue weighted by Crippen LogP contribution is -2.45. The molecule has 102 valence electrons. The Hall–Kier alpha value is -0.910. The maximum atomic E-state index is 5.46. The van der Waals surface area contributed by atoms with Gasteiger partial charge in [0.25, 0.3) is 0 Å². The Labute approximate surface area is 109 Å². The average molecular weight is 252 g/mol. The normalized spacial score (nSPS) is 22.0. The number of hydrogen-bond donors (Lipinski definition) is 2. The molecule has 5 heteroatoms. The van der Waals surface area contributed by atoms with Crippen LogP contribution >= 0.6 is 0 Å². The van der Waals surface area contributed by atoms with Crippen LogP contribution in [-0.2, 0) is 18.2 Å². The molecule has 0 radical (unpaired) electrons. The molecule has 2 unspecified atom stereocenters. The maximum Gasteiger partial charge on any atom is 0.109 e. The fourth-order valence-corrected chi connectivity index (χ4v) is 2.35. The predicted octanol–water partition coefficient (Wildman–Crippen LogP) is 0.319. The Morgan fingerprint density at radius 1 is 1.67 bits per heavy atom. The van der Waals surface area contributed by atoms with Gasteiger partial charge in [0, 0.05) is 51.0 Å². The third kappa shape index (κ3) is 4.08. The summed E-state index contributed by atoms with van der Waals surface area (Å²) in [6, 6.07) is 0.999. The molecule has 0 aromatic carbocycles. The van der Waals surface area contributed by atoms with Crippen molar-refractivity contribution in [2.24, 2.45) is 7.05 Å². The molecule has 2 heterocycles. The summed E-state index contributed by atoms with van der Waals surface area (Å²) in [5.74, 6) is 1.13. The van der Waals surface area contributed by atoms with E-state index in [2.05, 4.69) is 27.1 Å². The van der Waals surface area contributed by atoms with Crippen molar-refractivity contribution in [3.63, 3.8) is 0 Å². The van der Waals surface area contributed by atoms with E-state index in [0.717, 1.165) is 45.0 Å². The zero-order chi connectivity index (χ0) is 12.8. The number of nitrogens with zero attached hydrogens (tertiary/aromatic N) is 2. The summed E-state index contributed by atoms with van der Waals surface area (Å²) in [4.78, 5) is 4.32. The van der Waals surface area contributed by atoms with E-state index >= 15 is 0 Å². The fraction of sp³-hybridized carbons (Fsp3) is 0.769. The Balaban J connectivity index is 1.62. The van der Waals surface area contributed by atoms with Crippen molar-refractivity contribution in [1.29, 1.82) is 0 Å². The van der Waals surface area contributed by atoms with Gasteiger partial charge in [-0.3, -0.25) is 0 Å². The minimum Gasteiger partial charge on any atom is -0.379 e. The van der Waals surface area contributed by atoms with Crippen LogP contribution in [0.15, 0.2) is 12.4 Å². The van der Waals surface area contributed by atoms with E-state index in [1.54, 1.807) is 0 Å². The molecule has 0 saturated carbocycles. The number of imidazole rings is 1. The summed E-state index contributed by atoms with van der Waals surface area (Å²) in [5.41, 5.74) is 0. The summed E-state index contributed by atoms with van der Waals surface area (Å²) >= 11 is 0. The summed E-state index contributed by atoms with van der Waals surface area (Å²) in [6.07, 6.45) is 5.92. The van der Waals surface area contributed by atoms with Crippen LogP contribution < -0.4 is 10.6 Å². The minimum absolute atomic E-state index is 0.495. The van der Waals surface area contributed by atoms with E-state index < -0.39 is 0 Å². The molecule has 1 saturated heterocycles. The van der Waals surface area contributed by atoms with Crippen LogP contribution in [0.5, 0.6) is 0 Å². The monoisotopic (exact) mass is 252 g/mol. The number of ether oxygens (including phenoxy) is 1. The third-order valence-corrected chi connectivity index (χ3v) is 3.40. The molecular formula is C13H24N4O. The van der Waals surface area contributed by atoms with Gasteiger partial charge in [0.05, 0.1) is 13.2 Å². The minimum atomic E-state index is 0.495. The summed E-state index contributed by atoms with van der Waals surface area (Å²) in [7, 11) is 2.04. The number of aryl methyl sites for hydroxylation is 1. The van der Waals surface area contributed by atoms with Gasteiger partial charge in [-0.2, -0.15) is 0 Å². The molecule has 2 N–H and O–H groups in total. The number of aromatic nitrogens is 2. The Morgan fingerprint density at radius 3 is 3.22 bits per heavy atom. The molecule has 0 bridgehead atoms. The molecule has 2 rings (SSSR count). The molecule has 1 aromatic rings. The van der Waals surface area contributed by atoms with Gasteiger partial charge < -0.3 is 19.9 Å². The molecule has 0 amide bonds. The highest BCUT2D eigenvalue weighted by atomic mass is 16.5. The third-order valence-electron chi connectivity index (χ3n) is 3.40. The molecule has 5 nitrogen and oxygen atoms in total. The van der Waals surface area contributed by atoms with Crippen molar-refractivity contribution in [2.45, 2.75) is 31.8 Å². The van der Waals surface area contributed by atoms with Gasteiger partial charge in [0.2, 0.25) is 0 Å². The summed E-state index contributed by atoms with van der Waals surface area (Å²) in [6.45, 7) is 5.86. The van der Waals surface area contributed by atoms with Crippen LogP contribution in [0.2, 0.25) is 0 Å². The summed E-state index contributed by atoms with van der Waals surface area (Å²) < 4.78 is 7.53. The zero-order valence-electron chi connectivity index (χ0n) is 11.4. The second-order valence-corrected chi connectivity index (χ2v) is 5.02. The van der Waals surface area contributed by atoms with Gasteiger partial charge in [-0.05, 0) is 13.3 Å². The first kappa shape index (κ1) is 13.5. The second-order valence-electron chi connectivity index (χ2n) is 5.02. The van der Waals surface area contributed by atoms with Gasteiger partial charge in [0.15, 0.2) is 0 Å². The molecule has 0 aliphatic carbocycles. The molecule has 18 heavy (non-hydrogen) atoms. The molecule has 1 aliphatic heterocycles. The number of nitrogens with one attached hydrogen (secondary N) is 2.